The third kappa shape index (κ3) is 4.37. The minimum Gasteiger partial charge on any atom is -0.312 e. The zero-order chi connectivity index (χ0) is 15.3. The predicted molar refractivity (Wildman–Crippen MR) is 89.6 cm³/mol. The molecule has 0 fully saturated rings. The van der Waals surface area contributed by atoms with Crippen LogP contribution < -0.4 is 10.0 Å². The fraction of sp³-hybridized carbons (Fsp3) is 0.429. The summed E-state index contributed by atoms with van der Waals surface area (Å²) in [7, 11) is -3.44. The topological polar surface area (TPSA) is 58.2 Å². The first-order valence-corrected chi connectivity index (χ1v) is 10.1. The van der Waals surface area contributed by atoms with Gasteiger partial charge in [-0.3, -0.25) is 0 Å². The summed E-state index contributed by atoms with van der Waals surface area (Å²) in [5.41, 5.74) is 1.98. The highest BCUT2D eigenvalue weighted by molar-refractivity contribution is 7.89. The number of hydrogen-bond donors (Lipinski definition) is 2. The molecule has 116 valence electrons. The van der Waals surface area contributed by atoms with Gasteiger partial charge in [0.1, 0.15) is 4.90 Å². The molecule has 0 bridgehead atoms. The van der Waals surface area contributed by atoms with Gasteiger partial charge in [-0.05, 0) is 53.2 Å². The molecule has 0 saturated carbocycles. The first-order valence-electron chi connectivity index (χ1n) is 6.83. The second-order valence-electron chi connectivity index (χ2n) is 4.73. The summed E-state index contributed by atoms with van der Waals surface area (Å²) < 4.78 is 27.7. The molecule has 21 heavy (non-hydrogen) atoms. The van der Waals surface area contributed by atoms with Gasteiger partial charge in [0.2, 0.25) is 10.0 Å². The molecule has 0 aliphatic carbocycles. The van der Waals surface area contributed by atoms with Gasteiger partial charge in [-0.1, -0.05) is 6.92 Å². The van der Waals surface area contributed by atoms with Crippen LogP contribution in [0.2, 0.25) is 0 Å². The van der Waals surface area contributed by atoms with E-state index in [-0.39, 0.29) is 0 Å². The largest absolute Gasteiger partial charge is 0.312 e. The average Bonchev–Trinajstić information content (AvgIpc) is 3.06. The van der Waals surface area contributed by atoms with Crippen LogP contribution in [0.3, 0.4) is 0 Å². The maximum absolute atomic E-state index is 12.5. The van der Waals surface area contributed by atoms with Gasteiger partial charge in [-0.15, -0.1) is 11.3 Å². The summed E-state index contributed by atoms with van der Waals surface area (Å²) in [6.07, 6.45) is 0.717. The summed E-state index contributed by atoms with van der Waals surface area (Å²) in [4.78, 5) is 1.32. The maximum atomic E-state index is 12.5. The van der Waals surface area contributed by atoms with Gasteiger partial charge >= 0.3 is 0 Å². The van der Waals surface area contributed by atoms with E-state index in [1.807, 2.05) is 36.1 Å². The standard InChI is InChI=1S/C14H20N2O2S3/c1-3-15-8-13-14(11(2)9-20-13)21(17,18)16-6-4-12-5-7-19-10-12/h5,7,9-10,15-16H,3-4,6,8H2,1-2H3. The summed E-state index contributed by atoms with van der Waals surface area (Å²) in [6, 6.07) is 2.02. The Labute approximate surface area is 134 Å². The van der Waals surface area contributed by atoms with Crippen molar-refractivity contribution in [2.45, 2.75) is 31.7 Å². The van der Waals surface area contributed by atoms with Crippen molar-refractivity contribution >= 4 is 32.7 Å². The Kier molecular flexibility index (Phi) is 5.95. The Morgan fingerprint density at radius 1 is 1.29 bits per heavy atom. The highest BCUT2D eigenvalue weighted by Crippen LogP contribution is 2.26. The van der Waals surface area contributed by atoms with Crippen LogP contribution in [0, 0.1) is 6.92 Å². The lowest BCUT2D eigenvalue weighted by Gasteiger charge is -2.09. The Morgan fingerprint density at radius 2 is 2.10 bits per heavy atom. The minimum absolute atomic E-state index is 0.426. The summed E-state index contributed by atoms with van der Waals surface area (Å²) >= 11 is 3.12. The van der Waals surface area contributed by atoms with Crippen molar-refractivity contribution in [2.75, 3.05) is 13.1 Å². The lowest BCUT2D eigenvalue weighted by molar-refractivity contribution is 0.579. The number of hydrogen-bond acceptors (Lipinski definition) is 5. The van der Waals surface area contributed by atoms with E-state index in [0.29, 0.717) is 24.4 Å². The van der Waals surface area contributed by atoms with Crippen molar-refractivity contribution in [3.05, 3.63) is 38.2 Å². The molecule has 2 aromatic rings. The molecule has 2 rings (SSSR count). The van der Waals surface area contributed by atoms with Crippen LogP contribution in [-0.4, -0.2) is 21.5 Å². The second kappa shape index (κ2) is 7.51. The van der Waals surface area contributed by atoms with E-state index in [0.717, 1.165) is 22.5 Å². The van der Waals surface area contributed by atoms with E-state index in [9.17, 15) is 8.42 Å². The van der Waals surface area contributed by atoms with Crippen molar-refractivity contribution in [1.82, 2.24) is 10.0 Å². The predicted octanol–water partition coefficient (Wildman–Crippen LogP) is 2.75. The molecule has 0 radical (unpaired) electrons. The van der Waals surface area contributed by atoms with Gasteiger partial charge in [0, 0.05) is 18.0 Å². The van der Waals surface area contributed by atoms with Crippen LogP contribution in [-0.2, 0) is 23.0 Å². The number of sulfonamides is 1. The Hall–Kier alpha value is -0.730. The quantitative estimate of drug-likeness (QED) is 0.774. The van der Waals surface area contributed by atoms with Gasteiger partial charge in [-0.25, -0.2) is 13.1 Å². The molecule has 2 heterocycles. The van der Waals surface area contributed by atoms with Crippen molar-refractivity contribution in [2.24, 2.45) is 0 Å². The zero-order valence-electron chi connectivity index (χ0n) is 12.2. The number of rotatable bonds is 8. The van der Waals surface area contributed by atoms with Crippen LogP contribution in [0.1, 0.15) is 22.9 Å². The van der Waals surface area contributed by atoms with Crippen LogP contribution in [0.4, 0.5) is 0 Å². The monoisotopic (exact) mass is 344 g/mol. The van der Waals surface area contributed by atoms with Crippen molar-refractivity contribution in [1.29, 1.82) is 0 Å². The SMILES string of the molecule is CCNCc1scc(C)c1S(=O)(=O)NCCc1ccsc1. The fourth-order valence-electron chi connectivity index (χ4n) is 2.05. The number of aryl methyl sites for hydroxylation is 1. The molecule has 0 atom stereocenters. The third-order valence-corrected chi connectivity index (χ3v) is 6.74. The van der Waals surface area contributed by atoms with E-state index in [4.69, 9.17) is 0 Å². The zero-order valence-corrected chi connectivity index (χ0v) is 14.6. The molecule has 2 aromatic heterocycles. The molecule has 0 spiro atoms. The van der Waals surface area contributed by atoms with Crippen LogP contribution >= 0.6 is 22.7 Å². The Balaban J connectivity index is 2.06. The summed E-state index contributed by atoms with van der Waals surface area (Å²) in [6.45, 7) is 5.69. The van der Waals surface area contributed by atoms with Crippen LogP contribution in [0.15, 0.2) is 27.1 Å². The van der Waals surface area contributed by atoms with Gasteiger partial charge in [0.25, 0.3) is 0 Å². The van der Waals surface area contributed by atoms with E-state index in [2.05, 4.69) is 10.0 Å². The lowest BCUT2D eigenvalue weighted by atomic mass is 10.2. The third-order valence-electron chi connectivity index (χ3n) is 3.08. The van der Waals surface area contributed by atoms with Gasteiger partial charge < -0.3 is 5.32 Å². The van der Waals surface area contributed by atoms with Crippen molar-refractivity contribution in [3.63, 3.8) is 0 Å². The molecular weight excluding hydrogens is 324 g/mol. The maximum Gasteiger partial charge on any atom is 0.241 e. The van der Waals surface area contributed by atoms with Gasteiger partial charge in [0.15, 0.2) is 0 Å². The van der Waals surface area contributed by atoms with Gasteiger partial charge in [-0.2, -0.15) is 11.3 Å². The van der Waals surface area contributed by atoms with Crippen molar-refractivity contribution in [3.8, 4) is 0 Å². The molecule has 0 aromatic carbocycles. The molecule has 0 aliphatic heterocycles. The Bertz CT molecular complexity index is 660. The summed E-state index contributed by atoms with van der Waals surface area (Å²) in [5, 5.41) is 9.14. The van der Waals surface area contributed by atoms with Crippen LogP contribution in [0.5, 0.6) is 0 Å². The van der Waals surface area contributed by atoms with Gasteiger partial charge in [0.05, 0.1) is 0 Å². The molecule has 2 N–H and O–H groups in total. The molecule has 4 nitrogen and oxygen atoms in total. The Morgan fingerprint density at radius 3 is 2.76 bits per heavy atom. The van der Waals surface area contributed by atoms with E-state index < -0.39 is 10.0 Å². The van der Waals surface area contributed by atoms with Crippen LogP contribution in [0.25, 0.3) is 0 Å². The average molecular weight is 345 g/mol. The van der Waals surface area contributed by atoms with E-state index >= 15 is 0 Å². The highest BCUT2D eigenvalue weighted by Gasteiger charge is 2.22. The first kappa shape index (κ1) is 16.6. The molecule has 0 amide bonds. The van der Waals surface area contributed by atoms with Crippen molar-refractivity contribution < 1.29 is 8.42 Å². The molecule has 0 unspecified atom stereocenters. The second-order valence-corrected chi connectivity index (χ2v) is 8.18. The summed E-state index contributed by atoms with van der Waals surface area (Å²) in [5.74, 6) is 0. The molecular formula is C14H20N2O2S3. The van der Waals surface area contributed by atoms with E-state index in [1.165, 1.54) is 11.3 Å². The molecule has 7 heteroatoms. The van der Waals surface area contributed by atoms with E-state index in [1.54, 1.807) is 11.3 Å². The smallest absolute Gasteiger partial charge is 0.241 e. The lowest BCUT2D eigenvalue weighted by Crippen LogP contribution is -2.27. The first-order chi connectivity index (χ1) is 10.0. The molecule has 0 aliphatic rings. The number of thiophene rings is 2. The minimum atomic E-state index is -3.44. The molecule has 0 saturated heterocycles. The number of nitrogens with one attached hydrogen (secondary N) is 2. The normalized spacial score (nSPS) is 11.9. The highest BCUT2D eigenvalue weighted by atomic mass is 32.2. The fourth-order valence-corrected chi connectivity index (χ4v) is 5.56.